The molecule has 13 heavy (non-hydrogen) atoms. The second-order valence-corrected chi connectivity index (χ2v) is 4.09. The number of fused-ring (bicyclic) bond motifs is 1. The van der Waals surface area contributed by atoms with E-state index in [0.717, 1.165) is 11.1 Å². The molecule has 70 valence electrons. The molecule has 3 N–H and O–H groups in total. The lowest BCUT2D eigenvalue weighted by Crippen LogP contribution is -2.24. The molecule has 1 aromatic carbocycles. The molecule has 0 amide bonds. The highest BCUT2D eigenvalue weighted by atomic mass is 35.5. The summed E-state index contributed by atoms with van der Waals surface area (Å²) in [6.45, 7) is 0. The summed E-state index contributed by atoms with van der Waals surface area (Å²) in [7, 11) is 0. The van der Waals surface area contributed by atoms with E-state index in [1.165, 1.54) is 0 Å². The maximum atomic E-state index is 9.64. The van der Waals surface area contributed by atoms with Crippen molar-refractivity contribution >= 4 is 23.2 Å². The number of aliphatic hydroxyl groups is 1. The molecule has 1 aliphatic rings. The molecule has 0 bridgehead atoms. The van der Waals surface area contributed by atoms with Crippen molar-refractivity contribution in [2.24, 2.45) is 5.73 Å². The van der Waals surface area contributed by atoms with Crippen LogP contribution in [0.5, 0.6) is 0 Å². The van der Waals surface area contributed by atoms with Gasteiger partial charge in [-0.25, -0.2) is 0 Å². The van der Waals surface area contributed by atoms with Gasteiger partial charge in [0.1, 0.15) is 0 Å². The maximum absolute atomic E-state index is 9.64. The van der Waals surface area contributed by atoms with E-state index in [-0.39, 0.29) is 6.04 Å². The smallest absolute Gasteiger partial charge is 0.0947 e. The average molecular weight is 218 g/mol. The normalized spacial score (nSPS) is 26.2. The van der Waals surface area contributed by atoms with Gasteiger partial charge in [0.05, 0.1) is 16.1 Å². The van der Waals surface area contributed by atoms with Gasteiger partial charge in [-0.15, -0.1) is 0 Å². The summed E-state index contributed by atoms with van der Waals surface area (Å²) in [6.07, 6.45) is 0.0534. The summed E-state index contributed by atoms with van der Waals surface area (Å²) in [5.41, 5.74) is 7.49. The predicted octanol–water partition coefficient (Wildman–Crippen LogP) is 1.91. The molecular weight excluding hydrogens is 209 g/mol. The molecule has 1 aromatic rings. The number of rotatable bonds is 0. The second kappa shape index (κ2) is 3.14. The van der Waals surface area contributed by atoms with Gasteiger partial charge in [-0.3, -0.25) is 0 Å². The van der Waals surface area contributed by atoms with E-state index < -0.39 is 6.10 Å². The summed E-state index contributed by atoms with van der Waals surface area (Å²) in [5, 5.41) is 10.6. The Hall–Kier alpha value is -0.280. The van der Waals surface area contributed by atoms with Crippen LogP contribution in [-0.2, 0) is 6.42 Å². The van der Waals surface area contributed by atoms with Gasteiger partial charge < -0.3 is 10.8 Å². The third kappa shape index (κ3) is 1.44. The quantitative estimate of drug-likeness (QED) is 0.698. The summed E-state index contributed by atoms with van der Waals surface area (Å²) < 4.78 is 0. The first kappa shape index (κ1) is 9.28. The van der Waals surface area contributed by atoms with E-state index in [1.807, 2.05) is 0 Å². The zero-order valence-corrected chi connectivity index (χ0v) is 8.31. The van der Waals surface area contributed by atoms with Crippen molar-refractivity contribution in [2.45, 2.75) is 18.6 Å². The monoisotopic (exact) mass is 217 g/mol. The van der Waals surface area contributed by atoms with Gasteiger partial charge in [0, 0.05) is 6.04 Å². The average Bonchev–Trinajstić information content (AvgIpc) is 2.32. The van der Waals surface area contributed by atoms with Crippen LogP contribution in [0.25, 0.3) is 0 Å². The molecule has 0 radical (unpaired) electrons. The molecule has 2 atom stereocenters. The van der Waals surface area contributed by atoms with Crippen molar-refractivity contribution in [2.75, 3.05) is 0 Å². The SMILES string of the molecule is N[C@H]1Cc2cc(Cl)c(Cl)cc2[C@@H]1O. The lowest BCUT2D eigenvalue weighted by Gasteiger charge is -2.08. The molecule has 0 aliphatic heterocycles. The molecule has 0 unspecified atom stereocenters. The topological polar surface area (TPSA) is 46.2 Å². The highest BCUT2D eigenvalue weighted by Gasteiger charge is 2.28. The van der Waals surface area contributed by atoms with Gasteiger partial charge in [-0.05, 0) is 29.7 Å². The first-order valence-electron chi connectivity index (χ1n) is 4.01. The van der Waals surface area contributed by atoms with Crippen molar-refractivity contribution in [1.29, 1.82) is 0 Å². The molecule has 0 heterocycles. The van der Waals surface area contributed by atoms with Crippen LogP contribution < -0.4 is 5.73 Å². The van der Waals surface area contributed by atoms with E-state index in [9.17, 15) is 5.11 Å². The minimum absolute atomic E-state index is 0.232. The van der Waals surface area contributed by atoms with Crippen LogP contribution >= 0.6 is 23.2 Å². The van der Waals surface area contributed by atoms with Crippen LogP contribution in [0.2, 0.25) is 10.0 Å². The van der Waals surface area contributed by atoms with Gasteiger partial charge in [-0.2, -0.15) is 0 Å². The zero-order chi connectivity index (χ0) is 9.59. The molecule has 0 saturated heterocycles. The van der Waals surface area contributed by atoms with Gasteiger partial charge >= 0.3 is 0 Å². The maximum Gasteiger partial charge on any atom is 0.0947 e. The molecule has 2 nitrogen and oxygen atoms in total. The third-order valence-corrected chi connectivity index (χ3v) is 3.08. The van der Waals surface area contributed by atoms with Crippen molar-refractivity contribution in [1.82, 2.24) is 0 Å². The Morgan fingerprint density at radius 3 is 2.62 bits per heavy atom. The van der Waals surface area contributed by atoms with Crippen LogP contribution in [0.4, 0.5) is 0 Å². The Balaban J connectivity index is 2.53. The number of halogens is 2. The highest BCUT2D eigenvalue weighted by molar-refractivity contribution is 6.42. The van der Waals surface area contributed by atoms with Crippen LogP contribution in [0.15, 0.2) is 12.1 Å². The summed E-state index contributed by atoms with van der Waals surface area (Å²) >= 11 is 11.7. The Labute approximate surface area is 86.3 Å². The number of hydrogen-bond acceptors (Lipinski definition) is 2. The Kier molecular flexibility index (Phi) is 2.24. The first-order chi connectivity index (χ1) is 6.09. The second-order valence-electron chi connectivity index (χ2n) is 3.28. The molecule has 4 heteroatoms. The fourth-order valence-corrected chi connectivity index (χ4v) is 2.01. The van der Waals surface area contributed by atoms with Gasteiger partial charge in [-0.1, -0.05) is 23.2 Å². The number of nitrogens with two attached hydrogens (primary N) is 1. The third-order valence-electron chi connectivity index (χ3n) is 2.36. The van der Waals surface area contributed by atoms with Gasteiger partial charge in [0.25, 0.3) is 0 Å². The summed E-state index contributed by atoms with van der Waals surface area (Å²) in [4.78, 5) is 0. The van der Waals surface area contributed by atoms with Crippen molar-refractivity contribution < 1.29 is 5.11 Å². The fourth-order valence-electron chi connectivity index (χ4n) is 1.65. The first-order valence-corrected chi connectivity index (χ1v) is 4.76. The van der Waals surface area contributed by atoms with E-state index in [1.54, 1.807) is 12.1 Å². The summed E-state index contributed by atoms with van der Waals surface area (Å²) in [5.74, 6) is 0. The Morgan fingerprint density at radius 2 is 1.92 bits per heavy atom. The van der Waals surface area contributed by atoms with Gasteiger partial charge in [0.15, 0.2) is 0 Å². The van der Waals surface area contributed by atoms with Crippen LogP contribution in [0.3, 0.4) is 0 Å². The predicted molar refractivity (Wildman–Crippen MR) is 53.1 cm³/mol. The van der Waals surface area contributed by atoms with Crippen molar-refractivity contribution in [3.05, 3.63) is 33.3 Å². The van der Waals surface area contributed by atoms with E-state index in [4.69, 9.17) is 28.9 Å². The molecular formula is C9H9Cl2NO. The van der Waals surface area contributed by atoms with E-state index >= 15 is 0 Å². The van der Waals surface area contributed by atoms with Crippen molar-refractivity contribution in [3.8, 4) is 0 Å². The minimum Gasteiger partial charge on any atom is -0.387 e. The van der Waals surface area contributed by atoms with Crippen LogP contribution in [0, 0.1) is 0 Å². The molecule has 2 rings (SSSR count). The number of hydrogen-bond donors (Lipinski definition) is 2. The lowest BCUT2D eigenvalue weighted by molar-refractivity contribution is 0.159. The number of aliphatic hydroxyl groups excluding tert-OH is 1. The zero-order valence-electron chi connectivity index (χ0n) is 6.80. The van der Waals surface area contributed by atoms with Crippen LogP contribution in [-0.4, -0.2) is 11.1 Å². The molecule has 0 saturated carbocycles. The fraction of sp³-hybridized carbons (Fsp3) is 0.333. The lowest BCUT2D eigenvalue weighted by atomic mass is 10.1. The Bertz CT molecular complexity index is 354. The van der Waals surface area contributed by atoms with E-state index in [0.29, 0.717) is 16.5 Å². The largest absolute Gasteiger partial charge is 0.387 e. The van der Waals surface area contributed by atoms with Crippen molar-refractivity contribution in [3.63, 3.8) is 0 Å². The summed E-state index contributed by atoms with van der Waals surface area (Å²) in [6, 6.07) is 3.23. The Morgan fingerprint density at radius 1 is 1.31 bits per heavy atom. The molecule has 0 fully saturated rings. The highest BCUT2D eigenvalue weighted by Crippen LogP contribution is 2.35. The minimum atomic E-state index is -0.607. The van der Waals surface area contributed by atoms with Gasteiger partial charge in [0.2, 0.25) is 0 Å². The molecule has 0 aromatic heterocycles. The molecule has 0 spiro atoms. The van der Waals surface area contributed by atoms with Crippen LogP contribution in [0.1, 0.15) is 17.2 Å². The van der Waals surface area contributed by atoms with E-state index in [2.05, 4.69) is 0 Å². The molecule has 1 aliphatic carbocycles. The standard InChI is InChI=1S/C9H9Cl2NO/c10-6-1-4-2-8(12)9(13)5(4)3-7(6)11/h1,3,8-9,13H,2,12H2/t8-,9-/m0/s1. The number of benzene rings is 1.